The molecular weight excluding hydrogens is 348 g/mol. The van der Waals surface area contributed by atoms with E-state index in [9.17, 15) is 9.59 Å². The fourth-order valence-corrected chi connectivity index (χ4v) is 3.88. The summed E-state index contributed by atoms with van der Waals surface area (Å²) in [6.07, 6.45) is 0.328. The van der Waals surface area contributed by atoms with E-state index in [1.54, 1.807) is 29.0 Å². The van der Waals surface area contributed by atoms with Crippen LogP contribution in [0.4, 0.5) is 4.79 Å². The number of amides is 2. The lowest BCUT2D eigenvalue weighted by atomic mass is 9.88. The molecule has 2 saturated heterocycles. The third kappa shape index (κ3) is 3.30. The molecule has 2 aliphatic rings. The molecule has 2 aromatic rings. The van der Waals surface area contributed by atoms with Crippen LogP contribution >= 0.6 is 0 Å². The highest BCUT2D eigenvalue weighted by Crippen LogP contribution is 2.33. The summed E-state index contributed by atoms with van der Waals surface area (Å²) < 4.78 is 16.0. The standard InChI is InChI=1S/C20H22N2O5/c1-25-12-16-7-8-17(27-16)18(23)21-9-10-22-19(24)26-14-20(22,13-21)11-15-5-3-2-4-6-15/h2-8H,9-14H2,1H3. The average molecular weight is 370 g/mol. The fourth-order valence-electron chi connectivity index (χ4n) is 3.88. The Labute approximate surface area is 157 Å². The predicted molar refractivity (Wildman–Crippen MR) is 96.3 cm³/mol. The molecule has 7 nitrogen and oxygen atoms in total. The van der Waals surface area contributed by atoms with E-state index in [2.05, 4.69) is 0 Å². The largest absolute Gasteiger partial charge is 0.453 e. The topological polar surface area (TPSA) is 72.2 Å². The molecule has 142 valence electrons. The van der Waals surface area contributed by atoms with E-state index < -0.39 is 5.54 Å². The van der Waals surface area contributed by atoms with Gasteiger partial charge in [0.05, 0.1) is 0 Å². The first-order valence-corrected chi connectivity index (χ1v) is 8.96. The molecule has 0 aliphatic carbocycles. The highest BCUT2D eigenvalue weighted by atomic mass is 16.6. The summed E-state index contributed by atoms with van der Waals surface area (Å²) in [6.45, 7) is 1.90. The number of methoxy groups -OCH3 is 1. The number of furan rings is 1. The van der Waals surface area contributed by atoms with Crippen molar-refractivity contribution < 1.29 is 23.5 Å². The summed E-state index contributed by atoms with van der Waals surface area (Å²) in [4.78, 5) is 28.6. The van der Waals surface area contributed by atoms with Gasteiger partial charge in [-0.1, -0.05) is 30.3 Å². The van der Waals surface area contributed by atoms with Crippen LogP contribution in [0.5, 0.6) is 0 Å². The smallest absolute Gasteiger partial charge is 0.410 e. The second-order valence-electron chi connectivity index (χ2n) is 7.02. The first-order chi connectivity index (χ1) is 13.1. The Morgan fingerprint density at radius 2 is 2.00 bits per heavy atom. The van der Waals surface area contributed by atoms with Crippen LogP contribution in [0.15, 0.2) is 46.9 Å². The molecule has 0 radical (unpaired) electrons. The summed E-state index contributed by atoms with van der Waals surface area (Å²) in [5.74, 6) is 0.720. The molecule has 0 N–H and O–H groups in total. The van der Waals surface area contributed by atoms with Crippen LogP contribution in [-0.4, -0.2) is 60.7 Å². The van der Waals surface area contributed by atoms with Gasteiger partial charge in [0.15, 0.2) is 5.76 Å². The molecule has 3 heterocycles. The quantitative estimate of drug-likeness (QED) is 0.808. The average Bonchev–Trinajstić information content (AvgIpc) is 3.27. The van der Waals surface area contributed by atoms with Crippen molar-refractivity contribution in [1.82, 2.24) is 9.80 Å². The Kier molecular flexibility index (Phi) is 4.61. The molecule has 2 fully saturated rings. The summed E-state index contributed by atoms with van der Waals surface area (Å²) in [6, 6.07) is 13.4. The Bertz CT molecular complexity index is 834. The van der Waals surface area contributed by atoms with Crippen molar-refractivity contribution in [3.8, 4) is 0 Å². The number of carbonyl (C=O) groups excluding carboxylic acids is 2. The molecule has 1 aromatic carbocycles. The van der Waals surface area contributed by atoms with Gasteiger partial charge in [-0.25, -0.2) is 4.79 Å². The number of ether oxygens (including phenoxy) is 2. The van der Waals surface area contributed by atoms with Crippen molar-refractivity contribution in [1.29, 1.82) is 0 Å². The Morgan fingerprint density at radius 1 is 1.19 bits per heavy atom. The Morgan fingerprint density at radius 3 is 2.78 bits per heavy atom. The number of carbonyl (C=O) groups is 2. The molecule has 0 bridgehead atoms. The third-order valence-corrected chi connectivity index (χ3v) is 5.16. The lowest BCUT2D eigenvalue weighted by molar-refractivity contribution is 0.0348. The molecule has 1 atom stereocenters. The molecule has 2 aliphatic heterocycles. The lowest BCUT2D eigenvalue weighted by Crippen LogP contribution is -2.63. The summed E-state index contributed by atoms with van der Waals surface area (Å²) in [7, 11) is 1.58. The maximum absolute atomic E-state index is 12.9. The maximum Gasteiger partial charge on any atom is 0.410 e. The minimum atomic E-state index is -0.547. The minimum Gasteiger partial charge on any atom is -0.453 e. The first-order valence-electron chi connectivity index (χ1n) is 8.96. The van der Waals surface area contributed by atoms with Gasteiger partial charge in [-0.2, -0.15) is 0 Å². The molecule has 0 saturated carbocycles. The van der Waals surface area contributed by atoms with E-state index in [1.165, 1.54) is 0 Å². The SMILES string of the molecule is COCc1ccc(C(=O)N2CCN3C(=O)OCC3(Cc3ccccc3)C2)o1. The van der Waals surface area contributed by atoms with Gasteiger partial charge < -0.3 is 18.8 Å². The van der Waals surface area contributed by atoms with Gasteiger partial charge in [0.25, 0.3) is 5.91 Å². The molecule has 1 aromatic heterocycles. The van der Waals surface area contributed by atoms with Crippen LogP contribution in [0.2, 0.25) is 0 Å². The number of rotatable bonds is 5. The van der Waals surface area contributed by atoms with E-state index in [4.69, 9.17) is 13.9 Å². The van der Waals surface area contributed by atoms with Gasteiger partial charge in [-0.3, -0.25) is 9.69 Å². The highest BCUT2D eigenvalue weighted by Gasteiger charge is 2.51. The molecule has 0 spiro atoms. The number of cyclic esters (lactones) is 1. The number of piperazine rings is 1. The van der Waals surface area contributed by atoms with Crippen LogP contribution in [0.1, 0.15) is 21.9 Å². The normalized spacial score (nSPS) is 21.9. The van der Waals surface area contributed by atoms with Crippen molar-refractivity contribution in [2.45, 2.75) is 18.6 Å². The van der Waals surface area contributed by atoms with Crippen LogP contribution in [0, 0.1) is 0 Å². The number of fused-ring (bicyclic) bond motifs is 1. The number of hydrogen-bond donors (Lipinski definition) is 0. The van der Waals surface area contributed by atoms with E-state index in [0.29, 0.717) is 38.4 Å². The first kappa shape index (κ1) is 17.6. The molecule has 7 heteroatoms. The monoisotopic (exact) mass is 370 g/mol. The van der Waals surface area contributed by atoms with Crippen LogP contribution < -0.4 is 0 Å². The fraction of sp³-hybridized carbons (Fsp3) is 0.400. The van der Waals surface area contributed by atoms with Crippen molar-refractivity contribution in [2.24, 2.45) is 0 Å². The van der Waals surface area contributed by atoms with Crippen molar-refractivity contribution >= 4 is 12.0 Å². The molecule has 1 unspecified atom stereocenters. The van der Waals surface area contributed by atoms with E-state index in [1.807, 2.05) is 30.3 Å². The zero-order valence-corrected chi connectivity index (χ0v) is 15.2. The van der Waals surface area contributed by atoms with Crippen molar-refractivity contribution in [2.75, 3.05) is 33.4 Å². The maximum atomic E-state index is 12.9. The molecular formula is C20H22N2O5. The molecule has 2 amide bonds. The minimum absolute atomic E-state index is 0.177. The van der Waals surface area contributed by atoms with E-state index in [0.717, 1.165) is 5.56 Å². The third-order valence-electron chi connectivity index (χ3n) is 5.16. The van der Waals surface area contributed by atoms with Gasteiger partial charge in [0.1, 0.15) is 24.5 Å². The number of nitrogens with zero attached hydrogens (tertiary/aromatic N) is 2. The Hall–Kier alpha value is -2.80. The highest BCUT2D eigenvalue weighted by molar-refractivity contribution is 5.92. The van der Waals surface area contributed by atoms with Gasteiger partial charge >= 0.3 is 6.09 Å². The van der Waals surface area contributed by atoms with Gasteiger partial charge in [0.2, 0.25) is 0 Å². The van der Waals surface area contributed by atoms with Crippen molar-refractivity contribution in [3.63, 3.8) is 0 Å². The molecule has 4 rings (SSSR count). The number of benzene rings is 1. The van der Waals surface area contributed by atoms with Gasteiger partial charge in [-0.15, -0.1) is 0 Å². The van der Waals surface area contributed by atoms with Gasteiger partial charge in [0, 0.05) is 33.2 Å². The Balaban J connectivity index is 1.56. The van der Waals surface area contributed by atoms with E-state index in [-0.39, 0.29) is 24.4 Å². The van der Waals surface area contributed by atoms with Crippen LogP contribution in [0.3, 0.4) is 0 Å². The summed E-state index contributed by atoms with van der Waals surface area (Å²) >= 11 is 0. The van der Waals surface area contributed by atoms with Crippen LogP contribution in [-0.2, 0) is 22.5 Å². The van der Waals surface area contributed by atoms with Crippen LogP contribution in [0.25, 0.3) is 0 Å². The van der Waals surface area contributed by atoms with E-state index >= 15 is 0 Å². The van der Waals surface area contributed by atoms with Gasteiger partial charge in [-0.05, 0) is 17.7 Å². The second kappa shape index (κ2) is 7.08. The number of hydrogen-bond acceptors (Lipinski definition) is 5. The zero-order valence-electron chi connectivity index (χ0n) is 15.2. The van der Waals surface area contributed by atoms with Crippen molar-refractivity contribution in [3.05, 3.63) is 59.5 Å². The second-order valence-corrected chi connectivity index (χ2v) is 7.02. The summed E-state index contributed by atoms with van der Waals surface area (Å²) in [5, 5.41) is 0. The lowest BCUT2D eigenvalue weighted by Gasteiger charge is -2.44. The molecule has 27 heavy (non-hydrogen) atoms. The summed E-state index contributed by atoms with van der Waals surface area (Å²) in [5.41, 5.74) is 0.560. The predicted octanol–water partition coefficient (Wildman–Crippen LogP) is 2.32. The zero-order chi connectivity index (χ0) is 18.9.